The Bertz CT molecular complexity index is 440. The van der Waals surface area contributed by atoms with Crippen molar-refractivity contribution in [3.8, 4) is 11.5 Å². The minimum Gasteiger partial charge on any atom is -0.489 e. The Labute approximate surface area is 131 Å². The van der Waals surface area contributed by atoms with Gasteiger partial charge in [-0.2, -0.15) is 0 Å². The Morgan fingerprint density at radius 1 is 1.10 bits per heavy atom. The van der Waals surface area contributed by atoms with Crippen LogP contribution in [0.4, 0.5) is 8.78 Å². The lowest BCUT2D eigenvalue weighted by Gasteiger charge is -2.10. The molecule has 0 saturated carbocycles. The predicted molar refractivity (Wildman–Crippen MR) is 77.1 cm³/mol. The maximum absolute atomic E-state index is 13.7. The second kappa shape index (κ2) is 9.27. The summed E-state index contributed by atoms with van der Waals surface area (Å²) < 4.78 is 37.5. The van der Waals surface area contributed by atoms with Gasteiger partial charge in [0, 0.05) is 18.0 Å². The van der Waals surface area contributed by atoms with Crippen molar-refractivity contribution < 1.29 is 18.3 Å². The highest BCUT2D eigenvalue weighted by Crippen LogP contribution is 2.27. The molecule has 20 heavy (non-hydrogen) atoms. The van der Waals surface area contributed by atoms with Crippen molar-refractivity contribution in [2.45, 2.75) is 12.8 Å². The second-order valence-corrected chi connectivity index (χ2v) is 5.15. The molecule has 0 saturated heterocycles. The van der Waals surface area contributed by atoms with Gasteiger partial charge in [0.25, 0.3) is 0 Å². The molecular formula is C13H13Cl3F2O2. The van der Waals surface area contributed by atoms with Gasteiger partial charge in [-0.25, -0.2) is 8.78 Å². The average Bonchev–Trinajstić information content (AvgIpc) is 2.36. The normalized spacial score (nSPS) is 10.2. The quantitative estimate of drug-likeness (QED) is 0.484. The molecule has 1 aromatic rings. The third kappa shape index (κ3) is 6.16. The number of unbranched alkanes of at least 4 members (excludes halogenated alkanes) is 1. The molecule has 0 radical (unpaired) electrons. The Balaban J connectivity index is 2.63. The van der Waals surface area contributed by atoms with Crippen LogP contribution in [0.1, 0.15) is 12.8 Å². The average molecular weight is 346 g/mol. The number of halogens is 5. The molecule has 0 N–H and O–H groups in total. The number of alkyl halides is 1. The van der Waals surface area contributed by atoms with Gasteiger partial charge in [0.2, 0.25) is 0 Å². The van der Waals surface area contributed by atoms with Gasteiger partial charge in [-0.1, -0.05) is 23.2 Å². The largest absolute Gasteiger partial charge is 0.489 e. The molecule has 0 aliphatic carbocycles. The topological polar surface area (TPSA) is 18.5 Å². The molecule has 0 heterocycles. The summed E-state index contributed by atoms with van der Waals surface area (Å²) in [6.45, 7) is 0.211. The van der Waals surface area contributed by atoms with E-state index >= 15 is 0 Å². The van der Waals surface area contributed by atoms with E-state index in [1.165, 1.54) is 6.08 Å². The van der Waals surface area contributed by atoms with Crippen LogP contribution >= 0.6 is 34.8 Å². The molecule has 112 valence electrons. The van der Waals surface area contributed by atoms with Gasteiger partial charge in [0.15, 0.2) is 17.4 Å². The zero-order valence-electron chi connectivity index (χ0n) is 10.5. The fraction of sp³-hybridized carbons (Fsp3) is 0.385. The van der Waals surface area contributed by atoms with Gasteiger partial charge in [-0.15, -0.1) is 11.6 Å². The molecule has 0 amide bonds. The predicted octanol–water partition coefficient (Wildman–Crippen LogP) is 5.06. The maximum Gasteiger partial charge on any atom is 0.190 e. The summed E-state index contributed by atoms with van der Waals surface area (Å²) in [5, 5.41) is 0. The van der Waals surface area contributed by atoms with Crippen molar-refractivity contribution in [2.75, 3.05) is 19.1 Å². The number of hydrogen-bond acceptors (Lipinski definition) is 2. The van der Waals surface area contributed by atoms with Gasteiger partial charge in [-0.3, -0.25) is 0 Å². The molecular weight excluding hydrogens is 332 g/mol. The van der Waals surface area contributed by atoms with E-state index < -0.39 is 17.4 Å². The van der Waals surface area contributed by atoms with E-state index in [-0.39, 0.29) is 23.5 Å². The monoisotopic (exact) mass is 344 g/mol. The van der Waals surface area contributed by atoms with E-state index in [9.17, 15) is 8.78 Å². The molecule has 2 nitrogen and oxygen atoms in total. The summed E-state index contributed by atoms with van der Waals surface area (Å²) in [5.74, 6) is -1.56. The van der Waals surface area contributed by atoms with Crippen molar-refractivity contribution in [3.05, 3.63) is 34.3 Å². The maximum atomic E-state index is 13.7. The molecule has 7 heteroatoms. The summed E-state index contributed by atoms with van der Waals surface area (Å²) in [7, 11) is 0. The minimum atomic E-state index is -0.827. The standard InChI is InChI=1S/C13H13Cl3F2O2/c14-4-1-2-5-20-13-10(17)7-9(8-11(13)18)19-6-3-12(15)16/h3,7-8H,1-2,4-6H2. The molecule has 0 bridgehead atoms. The Morgan fingerprint density at radius 3 is 2.30 bits per heavy atom. The van der Waals surface area contributed by atoms with Crippen LogP contribution in [-0.2, 0) is 0 Å². The zero-order chi connectivity index (χ0) is 15.0. The molecule has 1 aromatic carbocycles. The first-order chi connectivity index (χ1) is 9.54. The fourth-order valence-corrected chi connectivity index (χ4v) is 1.64. The first kappa shape index (κ1) is 17.3. The second-order valence-electron chi connectivity index (χ2n) is 3.77. The van der Waals surface area contributed by atoms with E-state index in [0.29, 0.717) is 12.3 Å². The Kier molecular flexibility index (Phi) is 8.04. The number of benzene rings is 1. The summed E-state index contributed by atoms with van der Waals surface area (Å²) in [4.78, 5) is 0. The van der Waals surface area contributed by atoms with Crippen LogP contribution in [-0.4, -0.2) is 19.1 Å². The fourth-order valence-electron chi connectivity index (χ4n) is 1.33. The first-order valence-corrected chi connectivity index (χ1v) is 7.15. The molecule has 0 fully saturated rings. The highest BCUT2D eigenvalue weighted by molar-refractivity contribution is 6.55. The lowest BCUT2D eigenvalue weighted by atomic mass is 10.3. The van der Waals surface area contributed by atoms with E-state index in [1.807, 2.05) is 0 Å². The lowest BCUT2D eigenvalue weighted by Crippen LogP contribution is -2.03. The third-order valence-corrected chi connectivity index (χ3v) is 2.81. The van der Waals surface area contributed by atoms with Crippen molar-refractivity contribution >= 4 is 34.8 Å². The van der Waals surface area contributed by atoms with Crippen LogP contribution < -0.4 is 9.47 Å². The first-order valence-electron chi connectivity index (χ1n) is 5.86. The van der Waals surface area contributed by atoms with E-state index in [0.717, 1.165) is 18.6 Å². The van der Waals surface area contributed by atoms with Crippen molar-refractivity contribution in [1.29, 1.82) is 0 Å². The van der Waals surface area contributed by atoms with Crippen molar-refractivity contribution in [1.82, 2.24) is 0 Å². The van der Waals surface area contributed by atoms with Gasteiger partial charge in [0.05, 0.1) is 6.61 Å². The molecule has 0 aliphatic heterocycles. The highest BCUT2D eigenvalue weighted by Gasteiger charge is 2.13. The third-order valence-electron chi connectivity index (χ3n) is 2.23. The summed E-state index contributed by atoms with van der Waals surface area (Å²) in [6.07, 6.45) is 2.70. The van der Waals surface area contributed by atoms with Gasteiger partial charge in [0.1, 0.15) is 16.8 Å². The molecule has 0 unspecified atom stereocenters. The van der Waals surface area contributed by atoms with Crippen LogP contribution in [0.2, 0.25) is 0 Å². The van der Waals surface area contributed by atoms with Gasteiger partial charge >= 0.3 is 0 Å². The lowest BCUT2D eigenvalue weighted by molar-refractivity contribution is 0.275. The van der Waals surface area contributed by atoms with Gasteiger partial charge < -0.3 is 9.47 Å². The SMILES string of the molecule is Fc1cc(OCC=C(Cl)Cl)cc(F)c1OCCCCCl. The Hall–Kier alpha value is -0.710. The number of hydrogen-bond donors (Lipinski definition) is 0. The minimum absolute atomic E-state index is 0.0111. The van der Waals surface area contributed by atoms with E-state index in [4.69, 9.17) is 44.3 Å². The number of rotatable bonds is 8. The van der Waals surface area contributed by atoms with Crippen molar-refractivity contribution in [3.63, 3.8) is 0 Å². The number of ether oxygens (including phenoxy) is 2. The molecule has 0 spiro atoms. The molecule has 0 atom stereocenters. The van der Waals surface area contributed by atoms with Crippen LogP contribution in [0.15, 0.2) is 22.7 Å². The van der Waals surface area contributed by atoms with Crippen molar-refractivity contribution in [2.24, 2.45) is 0 Å². The molecule has 0 aromatic heterocycles. The Morgan fingerprint density at radius 2 is 1.75 bits per heavy atom. The summed E-state index contributed by atoms with van der Waals surface area (Å²) >= 11 is 16.3. The van der Waals surface area contributed by atoms with Crippen LogP contribution in [0, 0.1) is 11.6 Å². The molecule has 0 aliphatic rings. The van der Waals surface area contributed by atoms with Crippen LogP contribution in [0.3, 0.4) is 0 Å². The highest BCUT2D eigenvalue weighted by atomic mass is 35.5. The van der Waals surface area contributed by atoms with E-state index in [1.54, 1.807) is 0 Å². The van der Waals surface area contributed by atoms with E-state index in [2.05, 4.69) is 0 Å². The molecule has 1 rings (SSSR count). The van der Waals surface area contributed by atoms with Gasteiger partial charge in [-0.05, 0) is 18.9 Å². The summed E-state index contributed by atoms with van der Waals surface area (Å²) in [6, 6.07) is 2.08. The zero-order valence-corrected chi connectivity index (χ0v) is 12.7. The summed E-state index contributed by atoms with van der Waals surface area (Å²) in [5.41, 5.74) is 0. The smallest absolute Gasteiger partial charge is 0.190 e. The van der Waals surface area contributed by atoms with Crippen LogP contribution in [0.25, 0.3) is 0 Å². The van der Waals surface area contributed by atoms with Crippen LogP contribution in [0.5, 0.6) is 11.5 Å².